The van der Waals surface area contributed by atoms with Gasteiger partial charge in [-0.2, -0.15) is 0 Å². The van der Waals surface area contributed by atoms with Crippen molar-refractivity contribution in [1.29, 1.82) is 0 Å². The van der Waals surface area contributed by atoms with Crippen molar-refractivity contribution in [1.82, 2.24) is 5.32 Å². The Morgan fingerprint density at radius 1 is 1.10 bits per heavy atom. The summed E-state index contributed by atoms with van der Waals surface area (Å²) in [5.41, 5.74) is 0.603. The van der Waals surface area contributed by atoms with Crippen molar-refractivity contribution in [2.45, 2.75) is 58.9 Å². The maximum absolute atomic E-state index is 13.8. The third-order valence-corrected chi connectivity index (χ3v) is 3.94. The largest absolute Gasteiger partial charge is 0.314 e. The molecule has 0 heterocycles. The lowest BCUT2D eigenvalue weighted by molar-refractivity contribution is 0.360. The number of benzene rings is 1. The molecule has 1 N–H and O–H groups in total. The summed E-state index contributed by atoms with van der Waals surface area (Å²) in [7, 11) is 0. The highest BCUT2D eigenvalue weighted by atomic mass is 19.1. The van der Waals surface area contributed by atoms with Gasteiger partial charge in [-0.1, -0.05) is 39.7 Å². The lowest BCUT2D eigenvalue weighted by Gasteiger charge is -2.23. The third-order valence-electron chi connectivity index (χ3n) is 3.94. The van der Waals surface area contributed by atoms with Crippen molar-refractivity contribution in [2.75, 3.05) is 6.54 Å². The van der Waals surface area contributed by atoms with Gasteiger partial charge in [-0.3, -0.25) is 0 Å². The molecule has 0 bridgehead atoms. The fraction of sp³-hybridized carbons (Fsp3) is 0.647. The van der Waals surface area contributed by atoms with Crippen LogP contribution in [-0.4, -0.2) is 12.6 Å². The highest BCUT2D eigenvalue weighted by Crippen LogP contribution is 2.19. The van der Waals surface area contributed by atoms with Gasteiger partial charge in [0.05, 0.1) is 0 Å². The molecule has 1 aromatic carbocycles. The van der Waals surface area contributed by atoms with Gasteiger partial charge in [-0.15, -0.1) is 0 Å². The van der Waals surface area contributed by atoms with Crippen LogP contribution in [-0.2, 0) is 6.42 Å². The molecule has 1 aromatic rings. The summed E-state index contributed by atoms with van der Waals surface area (Å²) in [6, 6.07) is 4.15. The molecule has 0 radical (unpaired) electrons. The van der Waals surface area contributed by atoms with Crippen molar-refractivity contribution in [3.8, 4) is 0 Å². The monoisotopic (exact) mass is 283 g/mol. The smallest absolute Gasteiger partial charge is 0.129 e. The van der Waals surface area contributed by atoms with Gasteiger partial charge in [0.1, 0.15) is 11.6 Å². The zero-order chi connectivity index (χ0) is 15.0. The number of nitrogens with one attached hydrogen (secondary N) is 1. The van der Waals surface area contributed by atoms with Crippen LogP contribution < -0.4 is 5.32 Å². The van der Waals surface area contributed by atoms with Crippen LogP contribution in [0.3, 0.4) is 0 Å². The highest BCUT2D eigenvalue weighted by molar-refractivity contribution is 5.19. The van der Waals surface area contributed by atoms with Crippen molar-refractivity contribution in [3.63, 3.8) is 0 Å². The molecule has 20 heavy (non-hydrogen) atoms. The van der Waals surface area contributed by atoms with Gasteiger partial charge in [0.15, 0.2) is 0 Å². The lowest BCUT2D eigenvalue weighted by atomic mass is 9.91. The SMILES string of the molecule is CCCNC(Cc1ccc(F)cc1F)CC(CC)CC. The highest BCUT2D eigenvalue weighted by Gasteiger charge is 2.16. The summed E-state index contributed by atoms with van der Waals surface area (Å²) in [5, 5.41) is 3.50. The molecule has 0 saturated carbocycles. The molecule has 1 nitrogen and oxygen atoms in total. The summed E-state index contributed by atoms with van der Waals surface area (Å²) in [4.78, 5) is 0. The Morgan fingerprint density at radius 2 is 1.80 bits per heavy atom. The second kappa shape index (κ2) is 9.06. The van der Waals surface area contributed by atoms with Gasteiger partial charge in [0, 0.05) is 12.1 Å². The molecule has 0 aliphatic carbocycles. The lowest BCUT2D eigenvalue weighted by Crippen LogP contribution is -2.34. The molecule has 0 fully saturated rings. The minimum absolute atomic E-state index is 0.264. The first kappa shape index (κ1) is 17.1. The summed E-state index contributed by atoms with van der Waals surface area (Å²) in [6.45, 7) is 7.46. The molecule has 1 atom stereocenters. The molecule has 1 rings (SSSR count). The zero-order valence-corrected chi connectivity index (χ0v) is 12.9. The number of hydrogen-bond acceptors (Lipinski definition) is 1. The average molecular weight is 283 g/mol. The summed E-state index contributed by atoms with van der Waals surface area (Å²) in [5.74, 6) is -0.282. The van der Waals surface area contributed by atoms with Crippen LogP contribution in [0.4, 0.5) is 8.78 Å². The maximum atomic E-state index is 13.8. The quantitative estimate of drug-likeness (QED) is 0.692. The van der Waals surface area contributed by atoms with Crippen molar-refractivity contribution >= 4 is 0 Å². The van der Waals surface area contributed by atoms with E-state index in [0.29, 0.717) is 17.9 Å². The predicted octanol–water partition coefficient (Wildman–Crippen LogP) is 4.70. The van der Waals surface area contributed by atoms with E-state index in [2.05, 4.69) is 26.1 Å². The predicted molar refractivity (Wildman–Crippen MR) is 80.8 cm³/mol. The Morgan fingerprint density at radius 3 is 2.35 bits per heavy atom. The van der Waals surface area contributed by atoms with Crippen molar-refractivity contribution in [3.05, 3.63) is 35.4 Å². The van der Waals surface area contributed by atoms with Crippen LogP contribution in [0.2, 0.25) is 0 Å². The first-order valence-electron chi connectivity index (χ1n) is 7.77. The first-order chi connectivity index (χ1) is 9.60. The molecule has 0 aromatic heterocycles. The van der Waals surface area contributed by atoms with Gasteiger partial charge >= 0.3 is 0 Å². The zero-order valence-electron chi connectivity index (χ0n) is 12.9. The molecule has 114 valence electrons. The minimum Gasteiger partial charge on any atom is -0.314 e. The summed E-state index contributed by atoms with van der Waals surface area (Å²) < 4.78 is 26.7. The Kier molecular flexibility index (Phi) is 7.75. The van der Waals surface area contributed by atoms with Crippen molar-refractivity contribution < 1.29 is 8.78 Å². The molecule has 1 unspecified atom stereocenters. The molecule has 0 amide bonds. The first-order valence-corrected chi connectivity index (χ1v) is 7.77. The van der Waals surface area contributed by atoms with Crippen molar-refractivity contribution in [2.24, 2.45) is 5.92 Å². The van der Waals surface area contributed by atoms with Gasteiger partial charge in [0.25, 0.3) is 0 Å². The van der Waals surface area contributed by atoms with E-state index in [1.807, 2.05) is 0 Å². The molecule has 3 heteroatoms. The van der Waals surface area contributed by atoms with E-state index < -0.39 is 11.6 Å². The average Bonchev–Trinajstić information content (AvgIpc) is 2.44. The number of halogens is 2. The molecule has 0 spiro atoms. The van der Waals surface area contributed by atoms with Crippen LogP contribution in [0, 0.1) is 17.6 Å². The fourth-order valence-corrected chi connectivity index (χ4v) is 2.56. The van der Waals surface area contributed by atoms with Crippen LogP contribution in [0.1, 0.15) is 52.0 Å². The second-order valence-electron chi connectivity index (χ2n) is 5.51. The Labute approximate surface area is 121 Å². The summed E-state index contributed by atoms with van der Waals surface area (Å²) in [6.07, 6.45) is 5.02. The van der Waals surface area contributed by atoms with Gasteiger partial charge in [0.2, 0.25) is 0 Å². The van der Waals surface area contributed by atoms with Crippen LogP contribution in [0.25, 0.3) is 0 Å². The molecule has 0 aliphatic heterocycles. The third kappa shape index (κ3) is 5.58. The molecular formula is C17H27F2N. The molecule has 0 aliphatic rings. The van der Waals surface area contributed by atoms with Crippen LogP contribution >= 0.6 is 0 Å². The van der Waals surface area contributed by atoms with E-state index in [9.17, 15) is 8.78 Å². The molecular weight excluding hydrogens is 256 g/mol. The maximum Gasteiger partial charge on any atom is 0.129 e. The van der Waals surface area contributed by atoms with E-state index >= 15 is 0 Å². The minimum atomic E-state index is -0.510. The second-order valence-corrected chi connectivity index (χ2v) is 5.51. The van der Waals surface area contributed by atoms with E-state index in [0.717, 1.165) is 38.3 Å². The van der Waals surface area contributed by atoms with Crippen LogP contribution in [0.15, 0.2) is 18.2 Å². The Hall–Kier alpha value is -0.960. The van der Waals surface area contributed by atoms with Crippen LogP contribution in [0.5, 0.6) is 0 Å². The van der Waals surface area contributed by atoms with E-state index in [1.165, 1.54) is 6.07 Å². The van der Waals surface area contributed by atoms with E-state index in [1.54, 1.807) is 6.07 Å². The Bertz CT molecular complexity index is 389. The standard InChI is InChI=1S/C17H27F2N/c1-4-9-20-16(10-13(5-2)6-3)11-14-7-8-15(18)12-17(14)19/h7-8,12-13,16,20H,4-6,9-11H2,1-3H3. The summed E-state index contributed by atoms with van der Waals surface area (Å²) >= 11 is 0. The van der Waals surface area contributed by atoms with Gasteiger partial charge in [-0.25, -0.2) is 8.78 Å². The Balaban J connectivity index is 2.72. The number of rotatable bonds is 9. The normalized spacial score (nSPS) is 12.9. The fourth-order valence-electron chi connectivity index (χ4n) is 2.56. The topological polar surface area (TPSA) is 12.0 Å². The molecule has 0 saturated heterocycles. The van der Waals surface area contributed by atoms with Gasteiger partial charge < -0.3 is 5.32 Å². The van der Waals surface area contributed by atoms with E-state index in [-0.39, 0.29) is 6.04 Å². The van der Waals surface area contributed by atoms with E-state index in [4.69, 9.17) is 0 Å². The van der Waals surface area contributed by atoms with Gasteiger partial charge in [-0.05, 0) is 43.4 Å². The number of hydrogen-bond donors (Lipinski definition) is 1.